The SMILES string of the molecule is CCCC(NCC)C(CC)Sc1ccccc1OC. The second-order valence-electron chi connectivity index (χ2n) is 4.67. The standard InChI is InChI=1S/C16H27NOS/c1-5-10-13(17-7-3)15(6-2)19-16-12-9-8-11-14(16)18-4/h8-9,11-13,15,17H,5-7,10H2,1-4H3. The van der Waals surface area contributed by atoms with E-state index < -0.39 is 0 Å². The van der Waals surface area contributed by atoms with Crippen molar-refractivity contribution in [3.8, 4) is 5.75 Å². The Morgan fingerprint density at radius 1 is 1.21 bits per heavy atom. The smallest absolute Gasteiger partial charge is 0.132 e. The Hall–Kier alpha value is -0.670. The quantitative estimate of drug-likeness (QED) is 0.680. The number of nitrogens with one attached hydrogen (secondary N) is 1. The van der Waals surface area contributed by atoms with Crippen LogP contribution in [0.15, 0.2) is 29.2 Å². The van der Waals surface area contributed by atoms with Crippen LogP contribution in [0.5, 0.6) is 5.75 Å². The van der Waals surface area contributed by atoms with E-state index in [0.29, 0.717) is 11.3 Å². The topological polar surface area (TPSA) is 21.3 Å². The number of rotatable bonds is 9. The van der Waals surface area contributed by atoms with Gasteiger partial charge < -0.3 is 10.1 Å². The van der Waals surface area contributed by atoms with Crippen LogP contribution in [0, 0.1) is 0 Å². The average Bonchev–Trinajstić information content (AvgIpc) is 2.45. The second-order valence-corrected chi connectivity index (χ2v) is 5.95. The zero-order chi connectivity index (χ0) is 14.1. The highest BCUT2D eigenvalue weighted by Gasteiger charge is 2.20. The molecule has 1 aromatic rings. The van der Waals surface area contributed by atoms with E-state index in [9.17, 15) is 0 Å². The van der Waals surface area contributed by atoms with Crippen LogP contribution in [0.2, 0.25) is 0 Å². The van der Waals surface area contributed by atoms with Crippen molar-refractivity contribution in [2.45, 2.75) is 56.2 Å². The minimum absolute atomic E-state index is 0.579. The molecule has 3 heteroatoms. The van der Waals surface area contributed by atoms with Crippen LogP contribution in [-0.4, -0.2) is 24.9 Å². The number of para-hydroxylation sites is 1. The maximum absolute atomic E-state index is 5.45. The first kappa shape index (κ1) is 16.4. The lowest BCUT2D eigenvalue weighted by Crippen LogP contribution is -2.37. The molecule has 1 rings (SSSR count). The summed E-state index contributed by atoms with van der Waals surface area (Å²) < 4.78 is 5.45. The van der Waals surface area contributed by atoms with Crippen molar-refractivity contribution >= 4 is 11.8 Å². The van der Waals surface area contributed by atoms with Gasteiger partial charge in [-0.2, -0.15) is 0 Å². The van der Waals surface area contributed by atoms with Crippen molar-refractivity contribution in [2.75, 3.05) is 13.7 Å². The van der Waals surface area contributed by atoms with Gasteiger partial charge in [-0.3, -0.25) is 0 Å². The molecule has 108 valence electrons. The normalized spacial score (nSPS) is 14.1. The molecule has 0 heterocycles. The molecule has 1 N–H and O–H groups in total. The fraction of sp³-hybridized carbons (Fsp3) is 0.625. The summed E-state index contributed by atoms with van der Waals surface area (Å²) in [6.07, 6.45) is 3.62. The summed E-state index contributed by atoms with van der Waals surface area (Å²) in [5.41, 5.74) is 0. The summed E-state index contributed by atoms with van der Waals surface area (Å²) >= 11 is 1.94. The van der Waals surface area contributed by atoms with Crippen molar-refractivity contribution < 1.29 is 4.74 Å². The summed E-state index contributed by atoms with van der Waals surface area (Å²) in [4.78, 5) is 1.25. The number of hydrogen-bond donors (Lipinski definition) is 1. The number of methoxy groups -OCH3 is 1. The van der Waals surface area contributed by atoms with E-state index in [0.717, 1.165) is 12.3 Å². The average molecular weight is 281 g/mol. The number of thioether (sulfide) groups is 1. The van der Waals surface area contributed by atoms with Gasteiger partial charge in [0.15, 0.2) is 0 Å². The third-order valence-corrected chi connectivity index (χ3v) is 4.82. The van der Waals surface area contributed by atoms with Crippen LogP contribution < -0.4 is 10.1 Å². The van der Waals surface area contributed by atoms with Crippen molar-refractivity contribution in [1.82, 2.24) is 5.32 Å². The molecule has 0 saturated carbocycles. The van der Waals surface area contributed by atoms with Gasteiger partial charge in [0.25, 0.3) is 0 Å². The molecule has 0 aliphatic rings. The fourth-order valence-electron chi connectivity index (χ4n) is 2.32. The zero-order valence-electron chi connectivity index (χ0n) is 12.6. The minimum Gasteiger partial charge on any atom is -0.496 e. The predicted molar refractivity (Wildman–Crippen MR) is 85.3 cm³/mol. The van der Waals surface area contributed by atoms with Gasteiger partial charge in [-0.05, 0) is 31.5 Å². The molecule has 0 fully saturated rings. The summed E-state index contributed by atoms with van der Waals surface area (Å²) in [6, 6.07) is 8.88. The highest BCUT2D eigenvalue weighted by molar-refractivity contribution is 8.00. The maximum atomic E-state index is 5.45. The molecule has 2 unspecified atom stereocenters. The maximum Gasteiger partial charge on any atom is 0.132 e. The van der Waals surface area contributed by atoms with Crippen molar-refractivity contribution in [3.05, 3.63) is 24.3 Å². The fourth-order valence-corrected chi connectivity index (χ4v) is 3.64. The first-order valence-corrected chi connectivity index (χ1v) is 8.17. The van der Waals surface area contributed by atoms with E-state index in [1.54, 1.807) is 7.11 Å². The lowest BCUT2D eigenvalue weighted by Gasteiger charge is -2.27. The largest absolute Gasteiger partial charge is 0.496 e. The van der Waals surface area contributed by atoms with Crippen molar-refractivity contribution in [3.63, 3.8) is 0 Å². The van der Waals surface area contributed by atoms with E-state index in [4.69, 9.17) is 4.74 Å². The number of hydrogen-bond acceptors (Lipinski definition) is 3. The number of ether oxygens (including phenoxy) is 1. The Morgan fingerprint density at radius 2 is 1.95 bits per heavy atom. The predicted octanol–water partition coefficient (Wildman–Crippen LogP) is 4.34. The molecule has 1 aromatic carbocycles. The Balaban J connectivity index is 2.78. The monoisotopic (exact) mass is 281 g/mol. The van der Waals surface area contributed by atoms with Crippen molar-refractivity contribution in [1.29, 1.82) is 0 Å². The summed E-state index contributed by atoms with van der Waals surface area (Å²) in [6.45, 7) is 7.74. The van der Waals surface area contributed by atoms with E-state index >= 15 is 0 Å². The molecule has 0 radical (unpaired) electrons. The van der Waals surface area contributed by atoms with Crippen LogP contribution in [0.3, 0.4) is 0 Å². The molecule has 0 aromatic heterocycles. The van der Waals surface area contributed by atoms with E-state index in [1.165, 1.54) is 24.2 Å². The van der Waals surface area contributed by atoms with Gasteiger partial charge in [-0.15, -0.1) is 11.8 Å². The Bertz CT molecular complexity index is 350. The van der Waals surface area contributed by atoms with Gasteiger partial charge >= 0.3 is 0 Å². The molecule has 0 amide bonds. The van der Waals surface area contributed by atoms with Crippen LogP contribution in [0.25, 0.3) is 0 Å². The van der Waals surface area contributed by atoms with Gasteiger partial charge in [0.1, 0.15) is 5.75 Å². The molecule has 0 aliphatic heterocycles. The van der Waals surface area contributed by atoms with Crippen LogP contribution >= 0.6 is 11.8 Å². The van der Waals surface area contributed by atoms with Gasteiger partial charge in [0, 0.05) is 16.2 Å². The highest BCUT2D eigenvalue weighted by Crippen LogP contribution is 2.35. The third kappa shape index (κ3) is 5.07. The molecule has 0 spiro atoms. The van der Waals surface area contributed by atoms with Gasteiger partial charge in [-0.1, -0.05) is 39.3 Å². The highest BCUT2D eigenvalue weighted by atomic mass is 32.2. The first-order chi connectivity index (χ1) is 9.26. The van der Waals surface area contributed by atoms with Gasteiger partial charge in [-0.25, -0.2) is 0 Å². The Morgan fingerprint density at radius 3 is 2.53 bits per heavy atom. The molecular weight excluding hydrogens is 254 g/mol. The Labute approximate surface area is 122 Å². The molecule has 0 aliphatic carbocycles. The molecule has 2 atom stereocenters. The lowest BCUT2D eigenvalue weighted by molar-refractivity contribution is 0.404. The molecule has 0 bridgehead atoms. The summed E-state index contributed by atoms with van der Waals surface area (Å²) in [5, 5.41) is 4.22. The second kappa shape index (κ2) is 9.27. The Kier molecular flexibility index (Phi) is 7.99. The van der Waals surface area contributed by atoms with Gasteiger partial charge in [0.05, 0.1) is 7.11 Å². The van der Waals surface area contributed by atoms with E-state index in [-0.39, 0.29) is 0 Å². The summed E-state index contributed by atoms with van der Waals surface area (Å²) in [7, 11) is 1.74. The van der Waals surface area contributed by atoms with Crippen LogP contribution in [0.1, 0.15) is 40.0 Å². The minimum atomic E-state index is 0.579. The van der Waals surface area contributed by atoms with Crippen LogP contribution in [-0.2, 0) is 0 Å². The van der Waals surface area contributed by atoms with E-state index in [1.807, 2.05) is 23.9 Å². The zero-order valence-corrected chi connectivity index (χ0v) is 13.4. The third-order valence-electron chi connectivity index (χ3n) is 3.26. The first-order valence-electron chi connectivity index (χ1n) is 7.29. The summed E-state index contributed by atoms with van der Waals surface area (Å²) in [5.74, 6) is 0.984. The van der Waals surface area contributed by atoms with Gasteiger partial charge in [0.2, 0.25) is 0 Å². The van der Waals surface area contributed by atoms with Crippen LogP contribution in [0.4, 0.5) is 0 Å². The molecule has 0 saturated heterocycles. The molecular formula is C16H27NOS. The number of benzene rings is 1. The lowest BCUT2D eigenvalue weighted by atomic mass is 10.1. The molecule has 2 nitrogen and oxygen atoms in total. The van der Waals surface area contributed by atoms with Crippen molar-refractivity contribution in [2.24, 2.45) is 0 Å². The van der Waals surface area contributed by atoms with E-state index in [2.05, 4.69) is 38.2 Å². The molecule has 19 heavy (non-hydrogen) atoms.